The molecule has 0 amide bonds. The Morgan fingerprint density at radius 3 is 1.22 bits per heavy atom. The topological polar surface area (TPSA) is 40.5 Å². The van der Waals surface area contributed by atoms with Crippen LogP contribution in [0.2, 0.25) is 0 Å². The van der Waals surface area contributed by atoms with Gasteiger partial charge in [0.2, 0.25) is 0 Å². The first-order valence-electron chi connectivity index (χ1n) is 3.25. The van der Waals surface area contributed by atoms with Crippen molar-refractivity contribution in [3.8, 4) is 0 Å². The van der Waals surface area contributed by atoms with Gasteiger partial charge in [-0.3, -0.25) is 0 Å². The molecule has 0 aliphatic rings. The maximum absolute atomic E-state index is 9.09. The normalized spacial score (nSPS) is 19.3. The van der Waals surface area contributed by atoms with Crippen molar-refractivity contribution in [1.82, 2.24) is 0 Å². The van der Waals surface area contributed by atoms with Gasteiger partial charge in [0.15, 0.2) is 0 Å². The highest BCUT2D eigenvalue weighted by Gasteiger charge is 2.29. The second-order valence-corrected chi connectivity index (χ2v) is 3.17. The molecule has 0 heterocycles. The molecule has 2 heteroatoms. The number of hydrogen-bond donors (Lipinski definition) is 2. The minimum absolute atomic E-state index is 0.389. The summed E-state index contributed by atoms with van der Waals surface area (Å²) in [5.74, 6) is 0. The molecule has 2 N–H and O–H groups in total. The van der Waals surface area contributed by atoms with Crippen molar-refractivity contribution < 1.29 is 10.2 Å². The molecule has 0 saturated heterocycles. The van der Waals surface area contributed by atoms with Gasteiger partial charge in [-0.25, -0.2) is 0 Å². The summed E-state index contributed by atoms with van der Waals surface area (Å²) in [5, 5.41) is 18.2. The molecule has 0 bridgehead atoms. The first-order valence-corrected chi connectivity index (χ1v) is 3.25. The van der Waals surface area contributed by atoms with Crippen molar-refractivity contribution in [2.75, 3.05) is 0 Å². The Bertz CT molecular complexity index is 74.9. The lowest BCUT2D eigenvalue weighted by Gasteiger charge is -2.30. The Kier molecular flexibility index (Phi) is 2.65. The van der Waals surface area contributed by atoms with E-state index in [-0.39, 0.29) is 5.41 Å². The van der Waals surface area contributed by atoms with Crippen molar-refractivity contribution in [1.29, 1.82) is 0 Å². The number of aliphatic hydroxyl groups excluding tert-OH is 2. The largest absolute Gasteiger partial charge is 0.393 e. The van der Waals surface area contributed by atoms with Gasteiger partial charge in [-0.05, 0) is 13.8 Å². The van der Waals surface area contributed by atoms with Crippen LogP contribution in [0.4, 0.5) is 0 Å². The van der Waals surface area contributed by atoms with E-state index < -0.39 is 12.2 Å². The fourth-order valence-electron chi connectivity index (χ4n) is 0.349. The molecule has 0 radical (unpaired) electrons. The molecular weight excluding hydrogens is 116 g/mol. The van der Waals surface area contributed by atoms with E-state index in [1.807, 2.05) is 13.8 Å². The number of hydrogen-bond acceptors (Lipinski definition) is 2. The zero-order chi connectivity index (χ0) is 7.65. The van der Waals surface area contributed by atoms with Crippen LogP contribution in [-0.2, 0) is 0 Å². The third kappa shape index (κ3) is 1.95. The molecule has 0 spiro atoms. The molecule has 0 aliphatic carbocycles. The Morgan fingerprint density at radius 2 is 1.22 bits per heavy atom. The Morgan fingerprint density at radius 1 is 1.00 bits per heavy atom. The monoisotopic (exact) mass is 132 g/mol. The standard InChI is InChI=1S/C7H16O2/c1-5(8)7(3,4)6(2)9/h5-6,8-9H,1-4H3/t5-,6-/m1/s1. The van der Waals surface area contributed by atoms with Crippen LogP contribution in [-0.4, -0.2) is 22.4 Å². The quantitative estimate of drug-likeness (QED) is 0.582. The van der Waals surface area contributed by atoms with E-state index >= 15 is 0 Å². The summed E-state index contributed by atoms with van der Waals surface area (Å²) in [6.45, 7) is 7.05. The lowest BCUT2D eigenvalue weighted by molar-refractivity contribution is -0.0289. The second kappa shape index (κ2) is 2.67. The van der Waals surface area contributed by atoms with E-state index in [2.05, 4.69) is 0 Å². The van der Waals surface area contributed by atoms with Gasteiger partial charge < -0.3 is 10.2 Å². The summed E-state index contributed by atoms with van der Waals surface area (Å²) in [4.78, 5) is 0. The molecule has 0 aromatic carbocycles. The molecule has 0 aromatic rings. The summed E-state index contributed by atoms with van der Waals surface area (Å²) in [6.07, 6.45) is -0.921. The van der Waals surface area contributed by atoms with Crippen molar-refractivity contribution in [3.63, 3.8) is 0 Å². The van der Waals surface area contributed by atoms with Gasteiger partial charge in [0.25, 0.3) is 0 Å². The highest BCUT2D eigenvalue weighted by atomic mass is 16.3. The molecule has 0 aromatic heterocycles. The van der Waals surface area contributed by atoms with Gasteiger partial charge in [-0.1, -0.05) is 13.8 Å². The first-order chi connectivity index (χ1) is 3.89. The van der Waals surface area contributed by atoms with Gasteiger partial charge in [0.05, 0.1) is 12.2 Å². The van der Waals surface area contributed by atoms with Crippen molar-refractivity contribution >= 4 is 0 Å². The van der Waals surface area contributed by atoms with E-state index in [1.165, 1.54) is 0 Å². The van der Waals surface area contributed by atoms with E-state index in [9.17, 15) is 0 Å². The lowest BCUT2D eigenvalue weighted by atomic mass is 9.82. The van der Waals surface area contributed by atoms with E-state index in [0.717, 1.165) is 0 Å². The molecule has 0 fully saturated rings. The fraction of sp³-hybridized carbons (Fsp3) is 1.00. The summed E-state index contributed by atoms with van der Waals surface area (Å²) in [5.41, 5.74) is -0.389. The number of aliphatic hydroxyl groups is 2. The van der Waals surface area contributed by atoms with Crippen LogP contribution in [0.3, 0.4) is 0 Å². The molecule has 56 valence electrons. The van der Waals surface area contributed by atoms with Crippen molar-refractivity contribution in [3.05, 3.63) is 0 Å². The van der Waals surface area contributed by atoms with Gasteiger partial charge in [-0.2, -0.15) is 0 Å². The van der Waals surface area contributed by atoms with Gasteiger partial charge in [0, 0.05) is 5.41 Å². The SMILES string of the molecule is C[C@@H](O)C(C)(C)[C@@H](C)O. The van der Waals surface area contributed by atoms with Crippen LogP contribution in [0.1, 0.15) is 27.7 Å². The van der Waals surface area contributed by atoms with Gasteiger partial charge in [0.1, 0.15) is 0 Å². The van der Waals surface area contributed by atoms with Gasteiger partial charge >= 0.3 is 0 Å². The zero-order valence-corrected chi connectivity index (χ0v) is 6.55. The first kappa shape index (κ1) is 8.92. The predicted octanol–water partition coefficient (Wildman–Crippen LogP) is 0.774. The van der Waals surface area contributed by atoms with Crippen LogP contribution < -0.4 is 0 Å². The third-order valence-electron chi connectivity index (χ3n) is 2.15. The second-order valence-electron chi connectivity index (χ2n) is 3.17. The van der Waals surface area contributed by atoms with E-state index in [4.69, 9.17) is 10.2 Å². The van der Waals surface area contributed by atoms with Crippen LogP contribution in [0.25, 0.3) is 0 Å². The fourth-order valence-corrected chi connectivity index (χ4v) is 0.349. The number of rotatable bonds is 2. The van der Waals surface area contributed by atoms with Crippen LogP contribution in [0.5, 0.6) is 0 Å². The highest BCUT2D eigenvalue weighted by Crippen LogP contribution is 2.24. The van der Waals surface area contributed by atoms with Crippen molar-refractivity contribution in [2.24, 2.45) is 5.41 Å². The summed E-state index contributed by atoms with van der Waals surface area (Å²) >= 11 is 0. The maximum Gasteiger partial charge on any atom is 0.0587 e. The summed E-state index contributed by atoms with van der Waals surface area (Å²) in [7, 11) is 0. The summed E-state index contributed by atoms with van der Waals surface area (Å²) < 4.78 is 0. The smallest absolute Gasteiger partial charge is 0.0587 e. The third-order valence-corrected chi connectivity index (χ3v) is 2.15. The predicted molar refractivity (Wildman–Crippen MR) is 37.1 cm³/mol. The molecular formula is C7H16O2. The Balaban J connectivity index is 4.01. The van der Waals surface area contributed by atoms with Crippen LogP contribution in [0.15, 0.2) is 0 Å². The van der Waals surface area contributed by atoms with Crippen LogP contribution in [0, 0.1) is 5.41 Å². The molecule has 2 nitrogen and oxygen atoms in total. The van der Waals surface area contributed by atoms with Crippen LogP contribution >= 0.6 is 0 Å². The minimum Gasteiger partial charge on any atom is -0.393 e. The average Bonchev–Trinajstić information content (AvgIpc) is 1.65. The molecule has 0 unspecified atom stereocenters. The molecule has 0 saturated carbocycles. The lowest BCUT2D eigenvalue weighted by Crippen LogP contribution is -2.36. The molecule has 0 rings (SSSR count). The molecule has 9 heavy (non-hydrogen) atoms. The maximum atomic E-state index is 9.09. The van der Waals surface area contributed by atoms with Gasteiger partial charge in [-0.15, -0.1) is 0 Å². The zero-order valence-electron chi connectivity index (χ0n) is 6.55. The Hall–Kier alpha value is -0.0800. The Labute approximate surface area is 56.5 Å². The minimum atomic E-state index is -0.461. The summed E-state index contributed by atoms with van der Waals surface area (Å²) in [6, 6.07) is 0. The van der Waals surface area contributed by atoms with E-state index in [0.29, 0.717) is 0 Å². The highest BCUT2D eigenvalue weighted by molar-refractivity contribution is 4.79. The van der Waals surface area contributed by atoms with Crippen molar-refractivity contribution in [2.45, 2.75) is 39.9 Å². The average molecular weight is 132 g/mol. The molecule has 2 atom stereocenters. The van der Waals surface area contributed by atoms with E-state index in [1.54, 1.807) is 13.8 Å². The molecule has 0 aliphatic heterocycles.